The first-order chi connectivity index (χ1) is 11.4. The van der Waals surface area contributed by atoms with E-state index in [9.17, 15) is 9.59 Å². The summed E-state index contributed by atoms with van der Waals surface area (Å²) in [6.07, 6.45) is -2.98. The van der Waals surface area contributed by atoms with Crippen molar-refractivity contribution in [2.24, 2.45) is 0 Å². The van der Waals surface area contributed by atoms with Gasteiger partial charge in [0.1, 0.15) is 17.8 Å². The van der Waals surface area contributed by atoms with E-state index in [4.69, 9.17) is 28.4 Å². The van der Waals surface area contributed by atoms with Crippen LogP contribution in [0.3, 0.4) is 0 Å². The lowest BCUT2D eigenvalue weighted by atomic mass is 9.95. The Kier molecular flexibility index (Phi) is 5.34. The lowest BCUT2D eigenvalue weighted by Crippen LogP contribution is -2.59. The molecule has 9 nitrogen and oxygen atoms in total. The highest BCUT2D eigenvalue weighted by molar-refractivity contribution is 5.82. The zero-order chi connectivity index (χ0) is 19.0. The molecule has 4 atom stereocenters. The van der Waals surface area contributed by atoms with E-state index in [1.54, 1.807) is 34.6 Å². The normalized spacial score (nSPS) is 33.6. The van der Waals surface area contributed by atoms with Crippen molar-refractivity contribution in [3.05, 3.63) is 0 Å². The lowest BCUT2D eigenvalue weighted by molar-refractivity contribution is -0.244. The summed E-state index contributed by atoms with van der Waals surface area (Å²) in [5.41, 5.74) is -2.28. The van der Waals surface area contributed by atoms with E-state index in [1.165, 1.54) is 14.2 Å². The topological polar surface area (TPSA) is 102 Å². The van der Waals surface area contributed by atoms with Crippen LogP contribution in [0.25, 0.3) is 0 Å². The summed E-state index contributed by atoms with van der Waals surface area (Å²) in [7, 11) is 2.66. The Hall–Kier alpha value is -1.42. The van der Waals surface area contributed by atoms with E-state index in [1.807, 2.05) is 0 Å². The predicted molar refractivity (Wildman–Crippen MR) is 84.7 cm³/mol. The summed E-state index contributed by atoms with van der Waals surface area (Å²) in [6.45, 7) is 8.47. The van der Waals surface area contributed by atoms with Crippen molar-refractivity contribution in [1.82, 2.24) is 5.32 Å². The van der Waals surface area contributed by atoms with E-state index in [0.717, 1.165) is 0 Å². The lowest BCUT2D eigenvalue weighted by Gasteiger charge is -2.33. The van der Waals surface area contributed by atoms with Crippen molar-refractivity contribution >= 4 is 12.1 Å². The van der Waals surface area contributed by atoms with Crippen molar-refractivity contribution in [2.45, 2.75) is 70.1 Å². The van der Waals surface area contributed by atoms with Gasteiger partial charge >= 0.3 is 12.1 Å². The SMILES string of the molecule is COC(=O)[C@]1(CNC(=O)OC(C)(C)C)OC2OC(C)(C)OC2[C@@H]1OC. The number of alkyl carbamates (subject to hydrolysis) is 1. The molecule has 0 saturated carbocycles. The van der Waals surface area contributed by atoms with Crippen LogP contribution in [0.5, 0.6) is 0 Å². The molecule has 0 aromatic rings. The molecule has 1 amide bonds. The minimum absolute atomic E-state index is 0.215. The number of fused-ring (bicyclic) bond motifs is 1. The Balaban J connectivity index is 2.19. The highest BCUT2D eigenvalue weighted by Gasteiger charge is 2.66. The molecular weight excluding hydrogens is 334 g/mol. The number of ether oxygens (including phenoxy) is 6. The van der Waals surface area contributed by atoms with E-state index in [2.05, 4.69) is 5.32 Å². The van der Waals surface area contributed by atoms with Crippen LogP contribution in [-0.4, -0.2) is 68.3 Å². The summed E-state index contributed by atoms with van der Waals surface area (Å²) >= 11 is 0. The standard InChI is InChI=1S/C16H27NO8/c1-14(2,3)25-13(19)17-8-16(12(18)21-7)10(20-6)9-11(24-16)23-15(4,5)22-9/h9-11H,8H2,1-7H3,(H,17,19)/t9?,10-,11?,16+/m0/s1. The van der Waals surface area contributed by atoms with Gasteiger partial charge < -0.3 is 33.7 Å². The van der Waals surface area contributed by atoms with Crippen molar-refractivity contribution in [2.75, 3.05) is 20.8 Å². The maximum atomic E-state index is 12.5. The third-order valence-electron chi connectivity index (χ3n) is 3.85. The highest BCUT2D eigenvalue weighted by atomic mass is 16.8. The van der Waals surface area contributed by atoms with Crippen molar-refractivity contribution in [3.8, 4) is 0 Å². The summed E-state index contributed by atoms with van der Waals surface area (Å²) in [4.78, 5) is 24.4. The zero-order valence-electron chi connectivity index (χ0n) is 15.7. The van der Waals surface area contributed by atoms with Gasteiger partial charge in [-0.1, -0.05) is 0 Å². The minimum atomic E-state index is -1.60. The molecule has 9 heteroatoms. The first kappa shape index (κ1) is 19.9. The number of carbonyl (C=O) groups is 2. The first-order valence-electron chi connectivity index (χ1n) is 8.05. The van der Waals surface area contributed by atoms with E-state index in [-0.39, 0.29) is 6.54 Å². The van der Waals surface area contributed by atoms with Gasteiger partial charge in [-0.05, 0) is 34.6 Å². The quantitative estimate of drug-likeness (QED) is 0.739. The van der Waals surface area contributed by atoms with Gasteiger partial charge in [-0.3, -0.25) is 0 Å². The minimum Gasteiger partial charge on any atom is -0.467 e. The molecule has 0 bridgehead atoms. The van der Waals surface area contributed by atoms with Crippen molar-refractivity contribution in [1.29, 1.82) is 0 Å². The van der Waals surface area contributed by atoms with E-state index < -0.39 is 47.5 Å². The molecule has 0 radical (unpaired) electrons. The fraction of sp³-hybridized carbons (Fsp3) is 0.875. The third-order valence-corrected chi connectivity index (χ3v) is 3.85. The van der Waals surface area contributed by atoms with Gasteiger partial charge in [-0.15, -0.1) is 0 Å². The Morgan fingerprint density at radius 3 is 2.28 bits per heavy atom. The van der Waals surface area contributed by atoms with E-state index in [0.29, 0.717) is 0 Å². The summed E-state index contributed by atoms with van der Waals surface area (Å²) in [6, 6.07) is 0. The Morgan fingerprint density at radius 2 is 1.76 bits per heavy atom. The molecule has 0 aromatic heterocycles. The van der Waals surface area contributed by atoms with Gasteiger partial charge in [0.05, 0.1) is 13.7 Å². The summed E-state index contributed by atoms with van der Waals surface area (Å²) in [5.74, 6) is -1.57. The molecule has 2 aliphatic heterocycles. The van der Waals surface area contributed by atoms with Gasteiger partial charge in [0, 0.05) is 7.11 Å². The molecule has 2 heterocycles. The molecule has 0 aliphatic carbocycles. The Labute approximate surface area is 147 Å². The second kappa shape index (κ2) is 6.71. The van der Waals surface area contributed by atoms with Crippen LogP contribution in [-0.2, 0) is 33.2 Å². The van der Waals surface area contributed by atoms with Gasteiger partial charge in [-0.25, -0.2) is 9.59 Å². The van der Waals surface area contributed by atoms with Crippen molar-refractivity contribution in [3.63, 3.8) is 0 Å². The number of hydrogen-bond acceptors (Lipinski definition) is 8. The smallest absolute Gasteiger partial charge is 0.407 e. The number of esters is 1. The fourth-order valence-electron chi connectivity index (χ4n) is 2.99. The molecule has 25 heavy (non-hydrogen) atoms. The number of methoxy groups -OCH3 is 2. The number of hydrogen-bond donors (Lipinski definition) is 1. The van der Waals surface area contributed by atoms with Crippen LogP contribution in [0.1, 0.15) is 34.6 Å². The molecule has 2 aliphatic rings. The molecular formula is C16H27NO8. The molecule has 2 fully saturated rings. The number of carbonyl (C=O) groups excluding carboxylic acids is 2. The van der Waals surface area contributed by atoms with Crippen LogP contribution in [0.15, 0.2) is 0 Å². The molecule has 144 valence electrons. The van der Waals surface area contributed by atoms with Gasteiger partial charge in [0.2, 0.25) is 5.60 Å². The second-order valence-electron chi connectivity index (χ2n) is 7.48. The number of rotatable bonds is 4. The Morgan fingerprint density at radius 1 is 1.12 bits per heavy atom. The van der Waals surface area contributed by atoms with Crippen LogP contribution in [0, 0.1) is 0 Å². The van der Waals surface area contributed by atoms with Gasteiger partial charge in [-0.2, -0.15) is 0 Å². The van der Waals surface area contributed by atoms with Crippen LogP contribution in [0.2, 0.25) is 0 Å². The molecule has 2 rings (SSSR count). The zero-order valence-corrected chi connectivity index (χ0v) is 15.7. The molecule has 2 unspecified atom stereocenters. The summed E-state index contributed by atoms with van der Waals surface area (Å²) in [5, 5.41) is 2.53. The average Bonchev–Trinajstić information content (AvgIpc) is 2.91. The fourth-order valence-corrected chi connectivity index (χ4v) is 2.99. The van der Waals surface area contributed by atoms with Crippen LogP contribution >= 0.6 is 0 Å². The molecule has 1 N–H and O–H groups in total. The maximum absolute atomic E-state index is 12.5. The van der Waals surface area contributed by atoms with Gasteiger partial charge in [0.15, 0.2) is 12.1 Å². The molecule has 0 aromatic carbocycles. The molecule has 2 saturated heterocycles. The summed E-state index contributed by atoms with van der Waals surface area (Å²) < 4.78 is 32.8. The van der Waals surface area contributed by atoms with Crippen molar-refractivity contribution < 1.29 is 38.0 Å². The monoisotopic (exact) mass is 361 g/mol. The molecule has 0 spiro atoms. The predicted octanol–water partition coefficient (Wildman–Crippen LogP) is 0.946. The second-order valence-corrected chi connectivity index (χ2v) is 7.48. The maximum Gasteiger partial charge on any atom is 0.407 e. The number of nitrogens with one attached hydrogen (secondary N) is 1. The van der Waals surface area contributed by atoms with Crippen LogP contribution in [0.4, 0.5) is 4.79 Å². The Bertz CT molecular complexity index is 529. The largest absolute Gasteiger partial charge is 0.467 e. The van der Waals surface area contributed by atoms with Gasteiger partial charge in [0.25, 0.3) is 0 Å². The first-order valence-corrected chi connectivity index (χ1v) is 8.05. The average molecular weight is 361 g/mol. The van der Waals surface area contributed by atoms with E-state index >= 15 is 0 Å². The van der Waals surface area contributed by atoms with Crippen LogP contribution < -0.4 is 5.32 Å². The highest BCUT2D eigenvalue weighted by Crippen LogP contribution is 2.43. The third kappa shape index (κ3) is 4.05. The number of amides is 1.